The van der Waals surface area contributed by atoms with Gasteiger partial charge in [-0.05, 0) is 30.7 Å². The van der Waals surface area contributed by atoms with Gasteiger partial charge in [-0.15, -0.1) is 0 Å². The van der Waals surface area contributed by atoms with Crippen molar-refractivity contribution in [2.24, 2.45) is 0 Å². The van der Waals surface area contributed by atoms with Crippen LogP contribution in [0.2, 0.25) is 0 Å². The Balaban J connectivity index is 1.65. The number of carbonyl (C=O) groups excluding carboxylic acids is 1. The van der Waals surface area contributed by atoms with Crippen molar-refractivity contribution in [1.82, 2.24) is 15.1 Å². The minimum atomic E-state index is -0.417. The van der Waals surface area contributed by atoms with Crippen LogP contribution in [0, 0.1) is 18.3 Å². The molecule has 156 valence electrons. The van der Waals surface area contributed by atoms with Crippen molar-refractivity contribution in [3.63, 3.8) is 0 Å². The van der Waals surface area contributed by atoms with E-state index >= 15 is 0 Å². The molecule has 3 aromatic carbocycles. The van der Waals surface area contributed by atoms with E-state index in [1.54, 1.807) is 10.8 Å². The highest BCUT2D eigenvalue weighted by Gasteiger charge is 2.15. The largest absolute Gasteiger partial charge is 0.347 e. The quantitative estimate of drug-likeness (QED) is 0.351. The zero-order valence-electron chi connectivity index (χ0n) is 17.7. The number of hydrogen-bond acceptors (Lipinski definition) is 3. The van der Waals surface area contributed by atoms with E-state index in [9.17, 15) is 10.1 Å². The first-order valence-electron chi connectivity index (χ1n) is 10.3. The molecule has 0 aliphatic heterocycles. The summed E-state index contributed by atoms with van der Waals surface area (Å²) in [5.74, 6) is -0.417. The molecule has 0 aliphatic carbocycles. The van der Waals surface area contributed by atoms with Gasteiger partial charge in [-0.1, -0.05) is 78.4 Å². The number of carbonyl (C=O) groups is 1. The van der Waals surface area contributed by atoms with Crippen LogP contribution in [-0.2, 0) is 11.3 Å². The monoisotopic (exact) mass is 418 g/mol. The highest BCUT2D eigenvalue weighted by molar-refractivity contribution is 6.02. The minimum absolute atomic E-state index is 0.0295. The van der Waals surface area contributed by atoms with Crippen LogP contribution < -0.4 is 5.32 Å². The summed E-state index contributed by atoms with van der Waals surface area (Å²) < 4.78 is 1.76. The van der Waals surface area contributed by atoms with Crippen molar-refractivity contribution in [3.8, 4) is 23.0 Å². The molecule has 1 aromatic heterocycles. The van der Waals surface area contributed by atoms with E-state index in [1.165, 1.54) is 0 Å². The molecule has 0 saturated carbocycles. The smallest absolute Gasteiger partial charge is 0.262 e. The number of aromatic nitrogens is 2. The Labute approximate surface area is 187 Å². The lowest BCUT2D eigenvalue weighted by Gasteiger charge is -2.05. The lowest BCUT2D eigenvalue weighted by molar-refractivity contribution is -0.117. The van der Waals surface area contributed by atoms with Crippen LogP contribution in [0.4, 0.5) is 0 Å². The summed E-state index contributed by atoms with van der Waals surface area (Å²) in [6, 6.07) is 29.4. The number of rotatable bonds is 6. The summed E-state index contributed by atoms with van der Waals surface area (Å²) >= 11 is 0. The number of nitrogens with zero attached hydrogens (tertiary/aromatic N) is 3. The van der Waals surface area contributed by atoms with Gasteiger partial charge in [-0.25, -0.2) is 4.68 Å². The standard InChI is InChI=1S/C27H22N4O/c1-20-12-14-21(15-13-20)18-29-27(32)23(17-28)16-24-19-31(25-10-6-3-7-11-25)30-26(24)22-8-4-2-5-9-22/h2-16,19H,18H2,1H3,(H,29,32)/b23-16-. The molecule has 5 nitrogen and oxygen atoms in total. The molecule has 1 heterocycles. The molecule has 0 radical (unpaired) electrons. The molecule has 0 atom stereocenters. The number of nitrogens with one attached hydrogen (secondary N) is 1. The van der Waals surface area contributed by atoms with Gasteiger partial charge in [0.2, 0.25) is 0 Å². The van der Waals surface area contributed by atoms with E-state index in [4.69, 9.17) is 5.10 Å². The molecule has 0 fully saturated rings. The van der Waals surface area contributed by atoms with Crippen LogP contribution in [0.1, 0.15) is 16.7 Å². The Bertz CT molecular complexity index is 1280. The number of benzene rings is 3. The van der Waals surface area contributed by atoms with Gasteiger partial charge in [-0.3, -0.25) is 4.79 Å². The molecule has 1 N–H and O–H groups in total. The highest BCUT2D eigenvalue weighted by atomic mass is 16.1. The molecule has 5 heteroatoms. The molecule has 4 aromatic rings. The molecule has 0 aliphatic rings. The van der Waals surface area contributed by atoms with Gasteiger partial charge < -0.3 is 5.32 Å². The van der Waals surface area contributed by atoms with E-state index in [2.05, 4.69) is 5.32 Å². The summed E-state index contributed by atoms with van der Waals surface area (Å²) in [6.45, 7) is 2.37. The van der Waals surface area contributed by atoms with Crippen LogP contribution in [-0.4, -0.2) is 15.7 Å². The number of amides is 1. The van der Waals surface area contributed by atoms with Crippen LogP contribution in [0.25, 0.3) is 23.0 Å². The molecule has 0 saturated heterocycles. The summed E-state index contributed by atoms with van der Waals surface area (Å²) in [4.78, 5) is 12.7. The van der Waals surface area contributed by atoms with Crippen LogP contribution in [0.15, 0.2) is 96.7 Å². The highest BCUT2D eigenvalue weighted by Crippen LogP contribution is 2.25. The van der Waals surface area contributed by atoms with Gasteiger partial charge in [-0.2, -0.15) is 10.4 Å². The summed E-state index contributed by atoms with van der Waals surface area (Å²) in [5, 5.41) is 17.2. The van der Waals surface area contributed by atoms with Crippen molar-refractivity contribution in [2.75, 3.05) is 0 Å². The predicted octanol–water partition coefficient (Wildman–Crippen LogP) is 5.07. The maximum Gasteiger partial charge on any atom is 0.262 e. The van der Waals surface area contributed by atoms with Crippen molar-refractivity contribution in [2.45, 2.75) is 13.5 Å². The van der Waals surface area contributed by atoms with E-state index < -0.39 is 5.91 Å². The summed E-state index contributed by atoms with van der Waals surface area (Å²) in [5.41, 5.74) is 5.36. The van der Waals surface area contributed by atoms with Crippen molar-refractivity contribution in [1.29, 1.82) is 5.26 Å². The second-order valence-electron chi connectivity index (χ2n) is 7.42. The number of nitriles is 1. The van der Waals surface area contributed by atoms with Gasteiger partial charge >= 0.3 is 0 Å². The fraction of sp³-hybridized carbons (Fsp3) is 0.0741. The Morgan fingerprint density at radius 1 is 1.00 bits per heavy atom. The zero-order chi connectivity index (χ0) is 22.3. The second kappa shape index (κ2) is 9.59. The Morgan fingerprint density at radius 3 is 2.31 bits per heavy atom. The van der Waals surface area contributed by atoms with Crippen LogP contribution in [0.3, 0.4) is 0 Å². The van der Waals surface area contributed by atoms with Gasteiger partial charge in [0.1, 0.15) is 11.6 Å². The minimum Gasteiger partial charge on any atom is -0.347 e. The molecule has 32 heavy (non-hydrogen) atoms. The normalized spacial score (nSPS) is 11.1. The average molecular weight is 419 g/mol. The molecule has 1 amide bonds. The number of aryl methyl sites for hydroxylation is 1. The van der Waals surface area contributed by atoms with Gasteiger partial charge in [0.25, 0.3) is 5.91 Å². The maximum atomic E-state index is 12.7. The first kappa shape index (κ1) is 20.8. The van der Waals surface area contributed by atoms with E-state index in [0.29, 0.717) is 17.8 Å². The third-order valence-corrected chi connectivity index (χ3v) is 5.05. The Kier molecular flexibility index (Phi) is 6.24. The average Bonchev–Trinajstić information content (AvgIpc) is 3.27. The summed E-state index contributed by atoms with van der Waals surface area (Å²) in [6.07, 6.45) is 3.43. The lowest BCUT2D eigenvalue weighted by atomic mass is 10.1. The molecule has 4 rings (SSSR count). The van der Waals surface area contributed by atoms with Crippen molar-refractivity contribution < 1.29 is 4.79 Å². The topological polar surface area (TPSA) is 70.7 Å². The third-order valence-electron chi connectivity index (χ3n) is 5.05. The Morgan fingerprint density at radius 2 is 1.66 bits per heavy atom. The number of hydrogen-bond donors (Lipinski definition) is 1. The van der Waals surface area contributed by atoms with E-state index in [1.807, 2.05) is 104 Å². The molecule has 0 unspecified atom stereocenters. The summed E-state index contributed by atoms with van der Waals surface area (Å²) in [7, 11) is 0. The van der Waals surface area contributed by atoms with Crippen molar-refractivity contribution >= 4 is 12.0 Å². The van der Waals surface area contributed by atoms with E-state index in [0.717, 1.165) is 22.4 Å². The third kappa shape index (κ3) is 4.82. The zero-order valence-corrected chi connectivity index (χ0v) is 17.7. The molecular weight excluding hydrogens is 396 g/mol. The van der Waals surface area contributed by atoms with Crippen LogP contribution >= 0.6 is 0 Å². The fourth-order valence-corrected chi connectivity index (χ4v) is 3.31. The second-order valence-corrected chi connectivity index (χ2v) is 7.42. The first-order valence-corrected chi connectivity index (χ1v) is 10.3. The molecule has 0 bridgehead atoms. The van der Waals surface area contributed by atoms with Crippen LogP contribution in [0.5, 0.6) is 0 Å². The molecule has 0 spiro atoms. The number of para-hydroxylation sites is 1. The molecular formula is C27H22N4O. The first-order chi connectivity index (χ1) is 15.6. The van der Waals surface area contributed by atoms with Gasteiger partial charge in [0.15, 0.2) is 0 Å². The predicted molar refractivity (Wildman–Crippen MR) is 126 cm³/mol. The van der Waals surface area contributed by atoms with Gasteiger partial charge in [0.05, 0.1) is 11.4 Å². The Hall–Kier alpha value is -4.43. The maximum absolute atomic E-state index is 12.7. The van der Waals surface area contributed by atoms with Crippen molar-refractivity contribution in [3.05, 3.63) is 113 Å². The lowest BCUT2D eigenvalue weighted by Crippen LogP contribution is -2.23. The van der Waals surface area contributed by atoms with Gasteiger partial charge in [0, 0.05) is 23.9 Å². The SMILES string of the molecule is Cc1ccc(CNC(=O)/C(C#N)=C\c2cn(-c3ccccc3)nc2-c2ccccc2)cc1. The van der Waals surface area contributed by atoms with E-state index in [-0.39, 0.29) is 5.57 Å². The fourth-order valence-electron chi connectivity index (χ4n) is 3.31.